The molecule has 0 atom stereocenters. The lowest BCUT2D eigenvalue weighted by molar-refractivity contribution is 0.0600. The number of carbonyl (C=O) groups is 1. The van der Waals surface area contributed by atoms with E-state index in [0.29, 0.717) is 5.56 Å². The van der Waals surface area contributed by atoms with Crippen LogP contribution in [0.2, 0.25) is 0 Å². The lowest BCUT2D eigenvalue weighted by atomic mass is 10.1. The summed E-state index contributed by atoms with van der Waals surface area (Å²) in [7, 11) is 1.41. The van der Waals surface area contributed by atoms with Crippen LogP contribution < -0.4 is 0 Å². The molecule has 0 aliphatic carbocycles. The molecule has 0 unspecified atom stereocenters. The van der Waals surface area contributed by atoms with Gasteiger partial charge in [0.15, 0.2) is 0 Å². The Balaban J connectivity index is 1.84. The molecule has 1 heterocycles. The van der Waals surface area contributed by atoms with Crippen molar-refractivity contribution in [3.63, 3.8) is 0 Å². The van der Waals surface area contributed by atoms with Gasteiger partial charge in [0.1, 0.15) is 0 Å². The third-order valence-electron chi connectivity index (χ3n) is 3.79. The molecule has 0 radical (unpaired) electrons. The van der Waals surface area contributed by atoms with Crippen molar-refractivity contribution in [1.82, 2.24) is 9.80 Å². The first kappa shape index (κ1) is 15.0. The molecule has 0 aromatic heterocycles. The van der Waals surface area contributed by atoms with E-state index < -0.39 is 0 Å². The van der Waals surface area contributed by atoms with Gasteiger partial charge in [-0.25, -0.2) is 4.79 Å². The number of ether oxygens (including phenoxy) is 1. The highest BCUT2D eigenvalue weighted by Gasteiger charge is 2.16. The molecule has 1 aromatic rings. The Bertz CT molecular complexity index is 423. The lowest BCUT2D eigenvalue weighted by Crippen LogP contribution is -2.45. The number of carbonyl (C=O) groups excluding carboxylic acids is 1. The van der Waals surface area contributed by atoms with Crippen LogP contribution >= 0.6 is 0 Å². The van der Waals surface area contributed by atoms with E-state index in [4.69, 9.17) is 4.74 Å². The zero-order valence-corrected chi connectivity index (χ0v) is 12.5. The van der Waals surface area contributed by atoms with Gasteiger partial charge in [-0.15, -0.1) is 0 Å². The van der Waals surface area contributed by atoms with E-state index in [0.717, 1.165) is 32.7 Å². The van der Waals surface area contributed by atoms with E-state index in [9.17, 15) is 4.79 Å². The largest absolute Gasteiger partial charge is 0.465 e. The van der Waals surface area contributed by atoms with Crippen molar-refractivity contribution in [2.24, 2.45) is 0 Å². The topological polar surface area (TPSA) is 32.8 Å². The molecule has 0 amide bonds. The van der Waals surface area contributed by atoms with Crippen LogP contribution in [0.15, 0.2) is 24.3 Å². The second kappa shape index (κ2) is 7.41. The molecule has 1 aliphatic rings. The van der Waals surface area contributed by atoms with Gasteiger partial charge in [0.25, 0.3) is 0 Å². The zero-order chi connectivity index (χ0) is 14.4. The predicted molar refractivity (Wildman–Crippen MR) is 79.8 cm³/mol. The van der Waals surface area contributed by atoms with Crippen molar-refractivity contribution >= 4 is 5.97 Å². The van der Waals surface area contributed by atoms with E-state index in [1.807, 2.05) is 24.3 Å². The van der Waals surface area contributed by atoms with Gasteiger partial charge in [-0.1, -0.05) is 19.1 Å². The Labute approximate surface area is 121 Å². The highest BCUT2D eigenvalue weighted by atomic mass is 16.5. The molecule has 0 N–H and O–H groups in total. The summed E-state index contributed by atoms with van der Waals surface area (Å²) in [4.78, 5) is 16.4. The summed E-state index contributed by atoms with van der Waals surface area (Å²) >= 11 is 0. The Kier molecular flexibility index (Phi) is 5.56. The van der Waals surface area contributed by atoms with Crippen molar-refractivity contribution in [3.8, 4) is 0 Å². The molecule has 0 bridgehead atoms. The number of piperazine rings is 1. The number of hydrogen-bond acceptors (Lipinski definition) is 4. The van der Waals surface area contributed by atoms with Gasteiger partial charge in [-0.3, -0.25) is 4.90 Å². The summed E-state index contributed by atoms with van der Waals surface area (Å²) in [6, 6.07) is 7.72. The second-order valence-corrected chi connectivity index (χ2v) is 5.31. The fourth-order valence-corrected chi connectivity index (χ4v) is 2.61. The maximum absolute atomic E-state index is 11.4. The van der Waals surface area contributed by atoms with Crippen LogP contribution in [0.25, 0.3) is 0 Å². The SMILES string of the molecule is CCCN1CCN(Cc2ccc(C(=O)OC)cc2)CC1. The monoisotopic (exact) mass is 276 g/mol. The molecule has 0 spiro atoms. The van der Waals surface area contributed by atoms with Gasteiger partial charge in [0, 0.05) is 32.7 Å². The van der Waals surface area contributed by atoms with Crippen LogP contribution in [0.3, 0.4) is 0 Å². The van der Waals surface area contributed by atoms with E-state index in [1.54, 1.807) is 0 Å². The van der Waals surface area contributed by atoms with Crippen LogP contribution in [0.4, 0.5) is 0 Å². The molecule has 20 heavy (non-hydrogen) atoms. The van der Waals surface area contributed by atoms with Gasteiger partial charge in [-0.05, 0) is 30.7 Å². The number of nitrogens with zero attached hydrogens (tertiary/aromatic N) is 2. The molecule has 110 valence electrons. The first-order valence-electron chi connectivity index (χ1n) is 7.35. The minimum atomic E-state index is -0.273. The fraction of sp³-hybridized carbons (Fsp3) is 0.562. The molecule has 1 aliphatic heterocycles. The molecule has 0 saturated carbocycles. The van der Waals surface area contributed by atoms with E-state index >= 15 is 0 Å². The van der Waals surface area contributed by atoms with Crippen LogP contribution in [0.1, 0.15) is 29.3 Å². The standard InChI is InChI=1S/C16H24N2O2/c1-3-8-17-9-11-18(12-10-17)13-14-4-6-15(7-5-14)16(19)20-2/h4-7H,3,8-13H2,1-2H3. The summed E-state index contributed by atoms with van der Waals surface area (Å²) in [5, 5.41) is 0. The quantitative estimate of drug-likeness (QED) is 0.770. The van der Waals surface area contributed by atoms with E-state index in [-0.39, 0.29) is 5.97 Å². The number of hydrogen-bond donors (Lipinski definition) is 0. The van der Waals surface area contributed by atoms with E-state index in [2.05, 4.69) is 16.7 Å². The highest BCUT2D eigenvalue weighted by Crippen LogP contribution is 2.11. The molecule has 1 saturated heterocycles. The molecule has 1 fully saturated rings. The van der Waals surface area contributed by atoms with Gasteiger partial charge >= 0.3 is 5.97 Å². The van der Waals surface area contributed by atoms with Crippen molar-refractivity contribution < 1.29 is 9.53 Å². The van der Waals surface area contributed by atoms with Crippen molar-refractivity contribution in [3.05, 3.63) is 35.4 Å². The number of rotatable bonds is 5. The summed E-state index contributed by atoms with van der Waals surface area (Å²) in [5.41, 5.74) is 1.87. The normalized spacial score (nSPS) is 17.1. The first-order chi connectivity index (χ1) is 9.72. The Morgan fingerprint density at radius 3 is 2.25 bits per heavy atom. The van der Waals surface area contributed by atoms with Crippen molar-refractivity contribution in [2.75, 3.05) is 39.8 Å². The third kappa shape index (κ3) is 4.05. The van der Waals surface area contributed by atoms with Gasteiger partial charge in [0.05, 0.1) is 12.7 Å². The summed E-state index contributed by atoms with van der Waals surface area (Å²) in [5.74, 6) is -0.273. The van der Waals surface area contributed by atoms with Crippen LogP contribution in [0, 0.1) is 0 Å². The molecular weight excluding hydrogens is 252 g/mol. The lowest BCUT2D eigenvalue weighted by Gasteiger charge is -2.34. The summed E-state index contributed by atoms with van der Waals surface area (Å²) in [6.07, 6.45) is 1.23. The maximum Gasteiger partial charge on any atom is 0.337 e. The minimum absolute atomic E-state index is 0.273. The average Bonchev–Trinajstić information content (AvgIpc) is 2.49. The highest BCUT2D eigenvalue weighted by molar-refractivity contribution is 5.89. The average molecular weight is 276 g/mol. The molecule has 4 heteroatoms. The zero-order valence-electron chi connectivity index (χ0n) is 12.5. The first-order valence-corrected chi connectivity index (χ1v) is 7.35. The Morgan fingerprint density at radius 1 is 1.10 bits per heavy atom. The second-order valence-electron chi connectivity index (χ2n) is 5.31. The Morgan fingerprint density at radius 2 is 1.70 bits per heavy atom. The predicted octanol–water partition coefficient (Wildman–Crippen LogP) is 2.00. The molecular formula is C16H24N2O2. The number of methoxy groups -OCH3 is 1. The maximum atomic E-state index is 11.4. The number of benzene rings is 1. The van der Waals surface area contributed by atoms with E-state index in [1.165, 1.54) is 25.6 Å². The fourth-order valence-electron chi connectivity index (χ4n) is 2.61. The summed E-state index contributed by atoms with van der Waals surface area (Å²) < 4.78 is 4.71. The summed E-state index contributed by atoms with van der Waals surface area (Å²) in [6.45, 7) is 8.97. The van der Waals surface area contributed by atoms with Crippen molar-refractivity contribution in [1.29, 1.82) is 0 Å². The van der Waals surface area contributed by atoms with Gasteiger partial charge in [-0.2, -0.15) is 0 Å². The number of esters is 1. The molecule has 2 rings (SSSR count). The smallest absolute Gasteiger partial charge is 0.337 e. The minimum Gasteiger partial charge on any atom is -0.465 e. The Hall–Kier alpha value is -1.39. The molecule has 4 nitrogen and oxygen atoms in total. The van der Waals surface area contributed by atoms with Crippen LogP contribution in [-0.4, -0.2) is 55.6 Å². The van der Waals surface area contributed by atoms with Gasteiger partial charge in [0.2, 0.25) is 0 Å². The van der Waals surface area contributed by atoms with Crippen molar-refractivity contribution in [2.45, 2.75) is 19.9 Å². The third-order valence-corrected chi connectivity index (χ3v) is 3.79. The van der Waals surface area contributed by atoms with Gasteiger partial charge < -0.3 is 9.64 Å². The van der Waals surface area contributed by atoms with Crippen LogP contribution in [0.5, 0.6) is 0 Å². The molecule has 1 aromatic carbocycles. The van der Waals surface area contributed by atoms with Crippen LogP contribution in [-0.2, 0) is 11.3 Å².